The second kappa shape index (κ2) is 8.02. The number of para-hydroxylation sites is 1. The number of hydrogen-bond acceptors (Lipinski definition) is 4. The fraction of sp³-hybridized carbons (Fsp3) is 0.167. The summed E-state index contributed by atoms with van der Waals surface area (Å²) in [5.74, 6) is 0.731. The molecule has 5 rings (SSSR count). The minimum Gasteiger partial charge on any atom is -0.334 e. The second-order valence-corrected chi connectivity index (χ2v) is 7.53. The van der Waals surface area contributed by atoms with Crippen molar-refractivity contribution < 1.29 is 4.79 Å². The average Bonchev–Trinajstić information content (AvgIpc) is 3.24. The number of nitrogens with zero attached hydrogens (tertiary/aromatic N) is 4. The van der Waals surface area contributed by atoms with E-state index >= 15 is 0 Å². The van der Waals surface area contributed by atoms with Crippen LogP contribution in [0.25, 0.3) is 16.9 Å². The van der Waals surface area contributed by atoms with Crippen LogP contribution in [0.3, 0.4) is 0 Å². The lowest BCUT2D eigenvalue weighted by Gasteiger charge is -2.11. The summed E-state index contributed by atoms with van der Waals surface area (Å²) < 4.78 is 3.43. The fourth-order valence-electron chi connectivity index (χ4n) is 3.79. The quantitative estimate of drug-likeness (QED) is 0.555. The van der Waals surface area contributed by atoms with Gasteiger partial charge in [0.1, 0.15) is 11.5 Å². The molecule has 0 atom stereocenters. The monoisotopic (exact) mass is 411 g/mol. The number of fused-ring (bicyclic) bond motifs is 1. The fourth-order valence-corrected chi connectivity index (χ4v) is 3.79. The predicted octanol–water partition coefficient (Wildman–Crippen LogP) is 3.68. The lowest BCUT2D eigenvalue weighted by molar-refractivity contribution is 0.102. The summed E-state index contributed by atoms with van der Waals surface area (Å²) in [6, 6.07) is 19.4. The molecule has 2 aromatic carbocycles. The molecule has 2 aromatic heterocycles. The van der Waals surface area contributed by atoms with Crippen LogP contribution >= 0.6 is 0 Å². The molecule has 1 N–H and O–H groups in total. The molecular weight excluding hydrogens is 390 g/mol. The Bertz CT molecular complexity index is 1280. The van der Waals surface area contributed by atoms with Crippen LogP contribution in [0, 0.1) is 0 Å². The third-order valence-corrected chi connectivity index (χ3v) is 5.36. The molecule has 0 spiro atoms. The molecule has 0 unspecified atom stereocenters. The van der Waals surface area contributed by atoms with Crippen LogP contribution in [0.15, 0.2) is 77.7 Å². The van der Waals surface area contributed by atoms with Crippen LogP contribution in [0.2, 0.25) is 0 Å². The Morgan fingerprint density at radius 3 is 2.68 bits per heavy atom. The summed E-state index contributed by atoms with van der Waals surface area (Å²) in [6.45, 7) is 1.00. The molecule has 0 saturated carbocycles. The first-order chi connectivity index (χ1) is 15.2. The van der Waals surface area contributed by atoms with Gasteiger partial charge in [0, 0.05) is 36.5 Å². The van der Waals surface area contributed by atoms with Crippen molar-refractivity contribution in [2.75, 3.05) is 5.32 Å². The summed E-state index contributed by atoms with van der Waals surface area (Å²) in [6.07, 6.45) is 5.42. The molecule has 1 aliphatic rings. The van der Waals surface area contributed by atoms with Gasteiger partial charge in [0.05, 0.1) is 11.4 Å². The molecule has 1 amide bonds. The van der Waals surface area contributed by atoms with Crippen LogP contribution in [0.1, 0.15) is 29.2 Å². The first-order valence-corrected chi connectivity index (χ1v) is 10.3. The number of benzene rings is 2. The summed E-state index contributed by atoms with van der Waals surface area (Å²) in [7, 11) is 0. The number of aryl methyl sites for hydroxylation is 2. The Hall–Kier alpha value is -4.00. The minimum atomic E-state index is -0.383. The number of aromatic nitrogens is 4. The zero-order valence-electron chi connectivity index (χ0n) is 16.9. The van der Waals surface area contributed by atoms with E-state index in [-0.39, 0.29) is 17.2 Å². The number of hydrogen-bond donors (Lipinski definition) is 1. The number of nitrogens with one attached hydrogen (secondary N) is 1. The van der Waals surface area contributed by atoms with E-state index in [2.05, 4.69) is 21.2 Å². The van der Waals surface area contributed by atoms with E-state index in [0.717, 1.165) is 30.0 Å². The van der Waals surface area contributed by atoms with Crippen molar-refractivity contribution >= 4 is 11.6 Å². The van der Waals surface area contributed by atoms with Gasteiger partial charge in [-0.15, -0.1) is 0 Å². The van der Waals surface area contributed by atoms with Crippen molar-refractivity contribution in [1.29, 1.82) is 0 Å². The van der Waals surface area contributed by atoms with Gasteiger partial charge < -0.3 is 9.88 Å². The van der Waals surface area contributed by atoms with Crippen LogP contribution in [-0.2, 0) is 13.0 Å². The summed E-state index contributed by atoms with van der Waals surface area (Å²) in [5.41, 5.74) is 2.96. The van der Waals surface area contributed by atoms with Crippen LogP contribution in [0.4, 0.5) is 5.69 Å². The first-order valence-electron chi connectivity index (χ1n) is 10.3. The van der Waals surface area contributed by atoms with Gasteiger partial charge in [-0.1, -0.05) is 30.3 Å². The number of carbonyl (C=O) groups excluding carboxylic acids is 1. The van der Waals surface area contributed by atoms with Crippen molar-refractivity contribution in [2.45, 2.75) is 25.8 Å². The lowest BCUT2D eigenvalue weighted by Crippen LogP contribution is -2.24. The Labute approximate surface area is 179 Å². The van der Waals surface area contributed by atoms with E-state index in [0.29, 0.717) is 11.4 Å². The van der Waals surface area contributed by atoms with Crippen molar-refractivity contribution in [1.82, 2.24) is 19.3 Å². The predicted molar refractivity (Wildman–Crippen MR) is 118 cm³/mol. The van der Waals surface area contributed by atoms with E-state index in [1.54, 1.807) is 12.1 Å². The molecule has 3 heterocycles. The maximum absolute atomic E-state index is 12.8. The van der Waals surface area contributed by atoms with Gasteiger partial charge in [-0.2, -0.15) is 9.78 Å². The Morgan fingerprint density at radius 1 is 0.968 bits per heavy atom. The van der Waals surface area contributed by atoms with E-state index in [1.807, 2.05) is 42.5 Å². The molecule has 4 aromatic rings. The normalized spacial score (nSPS) is 12.9. The van der Waals surface area contributed by atoms with Crippen molar-refractivity contribution in [3.05, 3.63) is 94.8 Å². The lowest BCUT2D eigenvalue weighted by atomic mass is 10.1. The molecule has 0 radical (unpaired) electrons. The Morgan fingerprint density at radius 2 is 1.84 bits per heavy atom. The summed E-state index contributed by atoms with van der Waals surface area (Å²) in [4.78, 5) is 29.8. The topological polar surface area (TPSA) is 81.8 Å². The highest BCUT2D eigenvalue weighted by Crippen LogP contribution is 2.25. The third-order valence-electron chi connectivity index (χ3n) is 5.36. The third kappa shape index (κ3) is 3.90. The molecule has 1 aliphatic heterocycles. The SMILES string of the molecule is O=C(Nc1cccc(-c2cn3c(n2)CCCC3)c1)c1ccc(=O)n(-c2ccccc2)n1. The van der Waals surface area contributed by atoms with Gasteiger partial charge in [-0.3, -0.25) is 9.59 Å². The van der Waals surface area contributed by atoms with Gasteiger partial charge in [-0.25, -0.2) is 4.98 Å². The molecule has 7 nitrogen and oxygen atoms in total. The van der Waals surface area contributed by atoms with Gasteiger partial charge in [0.15, 0.2) is 0 Å². The number of rotatable bonds is 4. The van der Waals surface area contributed by atoms with Crippen molar-refractivity contribution in [3.63, 3.8) is 0 Å². The highest BCUT2D eigenvalue weighted by Gasteiger charge is 2.15. The average molecular weight is 411 g/mol. The zero-order chi connectivity index (χ0) is 21.2. The molecule has 0 bridgehead atoms. The maximum atomic E-state index is 12.8. The molecule has 154 valence electrons. The maximum Gasteiger partial charge on any atom is 0.276 e. The van der Waals surface area contributed by atoms with Crippen LogP contribution < -0.4 is 10.9 Å². The van der Waals surface area contributed by atoms with Crippen molar-refractivity contribution in [2.24, 2.45) is 0 Å². The van der Waals surface area contributed by atoms with Gasteiger partial charge >= 0.3 is 0 Å². The zero-order valence-corrected chi connectivity index (χ0v) is 16.9. The number of carbonyl (C=O) groups is 1. The van der Waals surface area contributed by atoms with E-state index in [4.69, 9.17) is 4.98 Å². The largest absolute Gasteiger partial charge is 0.334 e. The van der Waals surface area contributed by atoms with Gasteiger partial charge in [0.2, 0.25) is 0 Å². The Balaban J connectivity index is 1.39. The summed E-state index contributed by atoms with van der Waals surface area (Å²) >= 11 is 0. The van der Waals surface area contributed by atoms with Gasteiger partial charge in [-0.05, 0) is 43.2 Å². The highest BCUT2D eigenvalue weighted by atomic mass is 16.2. The number of imidazole rings is 1. The molecule has 0 fully saturated rings. The van der Waals surface area contributed by atoms with E-state index in [9.17, 15) is 9.59 Å². The standard InChI is InChI=1S/C24H21N5O2/c30-23-13-12-20(27-29(23)19-9-2-1-3-10-19)24(31)25-18-8-6-7-17(15-18)21-16-28-14-5-4-11-22(28)26-21/h1-3,6-10,12-13,15-16H,4-5,11,14H2,(H,25,31). The van der Waals surface area contributed by atoms with Gasteiger partial charge in [0.25, 0.3) is 11.5 Å². The molecule has 0 saturated heterocycles. The van der Waals surface area contributed by atoms with E-state index in [1.165, 1.54) is 29.7 Å². The smallest absolute Gasteiger partial charge is 0.276 e. The molecule has 0 aliphatic carbocycles. The number of amides is 1. The van der Waals surface area contributed by atoms with Crippen LogP contribution in [0.5, 0.6) is 0 Å². The molecule has 7 heteroatoms. The highest BCUT2D eigenvalue weighted by molar-refractivity contribution is 6.03. The van der Waals surface area contributed by atoms with Crippen LogP contribution in [-0.4, -0.2) is 25.2 Å². The molecule has 31 heavy (non-hydrogen) atoms. The second-order valence-electron chi connectivity index (χ2n) is 7.53. The Kier molecular flexibility index (Phi) is 4.92. The molecular formula is C24H21N5O2. The minimum absolute atomic E-state index is 0.159. The summed E-state index contributed by atoms with van der Waals surface area (Å²) in [5, 5.41) is 7.12. The van der Waals surface area contributed by atoms with Crippen molar-refractivity contribution in [3.8, 4) is 16.9 Å². The van der Waals surface area contributed by atoms with E-state index < -0.39 is 0 Å². The number of anilines is 1. The first kappa shape index (κ1) is 19.0.